The molecule has 0 aliphatic rings. The first-order valence-electron chi connectivity index (χ1n) is 6.21. The number of fused-ring (bicyclic) bond motifs is 1. The van der Waals surface area contributed by atoms with E-state index in [0.717, 1.165) is 22.4 Å². The number of para-hydroxylation sites is 2. The SMILES string of the molecule is CCn1c(NC(=O)c2ccc(F)s2)nc2ccccc21. The lowest BCUT2D eigenvalue weighted by Gasteiger charge is -2.06. The van der Waals surface area contributed by atoms with Crippen LogP contribution >= 0.6 is 11.3 Å². The van der Waals surface area contributed by atoms with Crippen LogP contribution in [0.1, 0.15) is 16.6 Å². The van der Waals surface area contributed by atoms with Crippen molar-refractivity contribution < 1.29 is 9.18 Å². The molecule has 0 bridgehead atoms. The average molecular weight is 289 g/mol. The molecule has 0 saturated heterocycles. The fourth-order valence-corrected chi connectivity index (χ4v) is 2.72. The molecule has 1 amide bonds. The number of nitrogens with zero attached hydrogens (tertiary/aromatic N) is 2. The smallest absolute Gasteiger partial charge is 0.268 e. The Morgan fingerprint density at radius 2 is 2.15 bits per heavy atom. The molecular weight excluding hydrogens is 277 g/mol. The normalized spacial score (nSPS) is 10.9. The maximum Gasteiger partial charge on any atom is 0.268 e. The molecule has 0 aliphatic heterocycles. The molecule has 0 fully saturated rings. The monoisotopic (exact) mass is 289 g/mol. The van der Waals surface area contributed by atoms with Crippen LogP contribution in [0.4, 0.5) is 10.3 Å². The zero-order chi connectivity index (χ0) is 14.1. The zero-order valence-corrected chi connectivity index (χ0v) is 11.6. The predicted octanol–water partition coefficient (Wildman–Crippen LogP) is 3.51. The van der Waals surface area contributed by atoms with Gasteiger partial charge in [-0.15, -0.1) is 11.3 Å². The van der Waals surface area contributed by atoms with Crippen molar-refractivity contribution in [3.63, 3.8) is 0 Å². The van der Waals surface area contributed by atoms with E-state index in [0.29, 0.717) is 17.4 Å². The van der Waals surface area contributed by atoms with Crippen molar-refractivity contribution in [2.75, 3.05) is 5.32 Å². The molecule has 1 aromatic carbocycles. The molecule has 0 unspecified atom stereocenters. The third-order valence-electron chi connectivity index (χ3n) is 2.99. The van der Waals surface area contributed by atoms with Crippen molar-refractivity contribution in [1.82, 2.24) is 9.55 Å². The maximum absolute atomic E-state index is 13.0. The standard InChI is InChI=1S/C14H12FN3OS/c1-2-18-10-6-4-3-5-9(10)16-14(18)17-13(19)11-7-8-12(15)20-11/h3-8H,2H2,1H3,(H,16,17,19). The predicted molar refractivity (Wildman–Crippen MR) is 77.6 cm³/mol. The Hall–Kier alpha value is -2.21. The van der Waals surface area contributed by atoms with Crippen molar-refractivity contribution in [1.29, 1.82) is 0 Å². The highest BCUT2D eigenvalue weighted by Gasteiger charge is 2.14. The summed E-state index contributed by atoms with van der Waals surface area (Å²) in [6.07, 6.45) is 0. The minimum Gasteiger partial charge on any atom is -0.310 e. The number of anilines is 1. The number of aryl methyl sites for hydroxylation is 1. The Labute approximate surface area is 118 Å². The number of hydrogen-bond donors (Lipinski definition) is 1. The van der Waals surface area contributed by atoms with Crippen LogP contribution in [0.5, 0.6) is 0 Å². The number of rotatable bonds is 3. The van der Waals surface area contributed by atoms with E-state index in [4.69, 9.17) is 0 Å². The first-order valence-corrected chi connectivity index (χ1v) is 7.02. The molecule has 0 atom stereocenters. The molecule has 3 aromatic rings. The van der Waals surface area contributed by atoms with Crippen molar-refractivity contribution in [2.24, 2.45) is 0 Å². The fourth-order valence-electron chi connectivity index (χ4n) is 2.09. The van der Waals surface area contributed by atoms with Gasteiger partial charge >= 0.3 is 0 Å². The first-order chi connectivity index (χ1) is 9.69. The van der Waals surface area contributed by atoms with E-state index >= 15 is 0 Å². The highest BCUT2D eigenvalue weighted by molar-refractivity contribution is 7.12. The quantitative estimate of drug-likeness (QED) is 0.802. The molecule has 0 radical (unpaired) electrons. The van der Waals surface area contributed by atoms with Crippen molar-refractivity contribution in [2.45, 2.75) is 13.5 Å². The summed E-state index contributed by atoms with van der Waals surface area (Å²) in [5, 5.41) is 2.36. The molecule has 0 aliphatic carbocycles. The average Bonchev–Trinajstić information content (AvgIpc) is 3.01. The third kappa shape index (κ3) is 2.18. The van der Waals surface area contributed by atoms with Gasteiger partial charge in [-0.1, -0.05) is 12.1 Å². The molecule has 2 aromatic heterocycles. The fraction of sp³-hybridized carbons (Fsp3) is 0.143. The van der Waals surface area contributed by atoms with Crippen LogP contribution in [0, 0.1) is 5.13 Å². The first kappa shape index (κ1) is 12.8. The van der Waals surface area contributed by atoms with E-state index in [9.17, 15) is 9.18 Å². The molecular formula is C14H12FN3OS. The number of carbonyl (C=O) groups is 1. The number of thiophene rings is 1. The molecule has 20 heavy (non-hydrogen) atoms. The van der Waals surface area contributed by atoms with E-state index in [-0.39, 0.29) is 11.0 Å². The molecule has 2 heterocycles. The molecule has 102 valence electrons. The lowest BCUT2D eigenvalue weighted by atomic mass is 10.3. The Morgan fingerprint density at radius 1 is 1.35 bits per heavy atom. The van der Waals surface area contributed by atoms with Gasteiger partial charge in [0, 0.05) is 6.54 Å². The van der Waals surface area contributed by atoms with Crippen molar-refractivity contribution in [3.05, 3.63) is 46.4 Å². The summed E-state index contributed by atoms with van der Waals surface area (Å²) in [5.41, 5.74) is 1.78. The second-order valence-electron chi connectivity index (χ2n) is 4.23. The molecule has 0 spiro atoms. The Morgan fingerprint density at radius 3 is 2.85 bits per heavy atom. The summed E-state index contributed by atoms with van der Waals surface area (Å²) in [5.74, 6) is 0.136. The minimum absolute atomic E-state index is 0.331. The molecule has 1 N–H and O–H groups in total. The van der Waals surface area contributed by atoms with Gasteiger partial charge in [0.2, 0.25) is 5.95 Å². The van der Waals surface area contributed by atoms with Crippen LogP contribution in [0.3, 0.4) is 0 Å². The largest absolute Gasteiger partial charge is 0.310 e. The summed E-state index contributed by atoms with van der Waals surface area (Å²) in [4.78, 5) is 16.8. The van der Waals surface area contributed by atoms with Gasteiger partial charge in [-0.05, 0) is 31.2 Å². The third-order valence-corrected chi connectivity index (χ3v) is 3.87. The number of hydrogen-bond acceptors (Lipinski definition) is 3. The number of halogens is 1. The zero-order valence-electron chi connectivity index (χ0n) is 10.8. The van der Waals surface area contributed by atoms with Crippen LogP contribution in [0.2, 0.25) is 0 Å². The number of amides is 1. The van der Waals surface area contributed by atoms with Gasteiger partial charge < -0.3 is 4.57 Å². The van der Waals surface area contributed by atoms with E-state index in [1.165, 1.54) is 12.1 Å². The topological polar surface area (TPSA) is 46.9 Å². The summed E-state index contributed by atoms with van der Waals surface area (Å²) in [7, 11) is 0. The number of aromatic nitrogens is 2. The highest BCUT2D eigenvalue weighted by Crippen LogP contribution is 2.21. The van der Waals surface area contributed by atoms with E-state index in [1.54, 1.807) is 0 Å². The highest BCUT2D eigenvalue weighted by atomic mass is 32.1. The van der Waals surface area contributed by atoms with Gasteiger partial charge in [-0.2, -0.15) is 4.39 Å². The van der Waals surface area contributed by atoms with Crippen LogP contribution < -0.4 is 5.32 Å². The van der Waals surface area contributed by atoms with Gasteiger partial charge in [0.15, 0.2) is 5.13 Å². The lowest BCUT2D eigenvalue weighted by molar-refractivity contribution is 0.102. The number of benzene rings is 1. The summed E-state index contributed by atoms with van der Waals surface area (Å²) in [6, 6.07) is 10.4. The Bertz CT molecular complexity index is 778. The summed E-state index contributed by atoms with van der Waals surface area (Å²) in [6.45, 7) is 2.67. The van der Waals surface area contributed by atoms with E-state index < -0.39 is 0 Å². The van der Waals surface area contributed by atoms with Gasteiger partial charge in [0.1, 0.15) is 0 Å². The van der Waals surface area contributed by atoms with Gasteiger partial charge in [-0.25, -0.2) is 4.98 Å². The molecule has 0 saturated carbocycles. The second-order valence-corrected chi connectivity index (χ2v) is 5.26. The van der Waals surface area contributed by atoms with Crippen LogP contribution in [-0.4, -0.2) is 15.5 Å². The molecule has 3 rings (SSSR count). The van der Waals surface area contributed by atoms with Crippen LogP contribution in [0.15, 0.2) is 36.4 Å². The summed E-state index contributed by atoms with van der Waals surface area (Å²) >= 11 is 0.820. The number of nitrogens with one attached hydrogen (secondary N) is 1. The number of carbonyl (C=O) groups excluding carboxylic acids is 1. The van der Waals surface area contributed by atoms with Gasteiger partial charge in [0.05, 0.1) is 15.9 Å². The molecule has 4 nitrogen and oxygen atoms in total. The van der Waals surface area contributed by atoms with Crippen LogP contribution in [-0.2, 0) is 6.54 Å². The Balaban J connectivity index is 1.96. The van der Waals surface area contributed by atoms with Gasteiger partial charge in [-0.3, -0.25) is 10.1 Å². The second kappa shape index (κ2) is 5.05. The van der Waals surface area contributed by atoms with E-state index in [1.807, 2.05) is 35.8 Å². The van der Waals surface area contributed by atoms with E-state index in [2.05, 4.69) is 10.3 Å². The minimum atomic E-state index is -0.376. The summed E-state index contributed by atoms with van der Waals surface area (Å²) < 4.78 is 14.9. The number of imidazole rings is 1. The van der Waals surface area contributed by atoms with Crippen LogP contribution in [0.25, 0.3) is 11.0 Å². The van der Waals surface area contributed by atoms with Crippen molar-refractivity contribution >= 4 is 34.2 Å². The lowest BCUT2D eigenvalue weighted by Crippen LogP contribution is -2.14. The molecule has 6 heteroatoms. The van der Waals surface area contributed by atoms with Crippen molar-refractivity contribution in [3.8, 4) is 0 Å². The Kier molecular flexibility index (Phi) is 3.23. The van der Waals surface area contributed by atoms with Gasteiger partial charge in [0.25, 0.3) is 5.91 Å². The maximum atomic E-state index is 13.0.